The number of aromatic carboxylic acids is 1. The SMILES string of the molecule is O=C(O)c1cc(Cn2nnc3ccccc32)on1. The molecule has 3 rings (SSSR count). The first kappa shape index (κ1) is 10.5. The molecule has 0 aliphatic heterocycles. The van der Waals surface area contributed by atoms with Crippen LogP contribution < -0.4 is 0 Å². The maximum Gasteiger partial charge on any atom is 0.358 e. The molecule has 18 heavy (non-hydrogen) atoms. The van der Waals surface area contributed by atoms with Crippen molar-refractivity contribution in [2.75, 3.05) is 0 Å². The molecule has 1 N–H and O–H groups in total. The van der Waals surface area contributed by atoms with E-state index in [1.807, 2.05) is 24.3 Å². The molecule has 90 valence electrons. The largest absolute Gasteiger partial charge is 0.476 e. The molecule has 1 aromatic carbocycles. The maximum absolute atomic E-state index is 10.7. The summed E-state index contributed by atoms with van der Waals surface area (Å²) in [5.74, 6) is -0.698. The molecule has 0 aliphatic rings. The number of hydrogen-bond acceptors (Lipinski definition) is 5. The highest BCUT2D eigenvalue weighted by atomic mass is 16.5. The smallest absolute Gasteiger partial charge is 0.358 e. The summed E-state index contributed by atoms with van der Waals surface area (Å²) < 4.78 is 6.56. The van der Waals surface area contributed by atoms with Gasteiger partial charge in [0.15, 0.2) is 11.5 Å². The average molecular weight is 244 g/mol. The van der Waals surface area contributed by atoms with E-state index in [0.717, 1.165) is 11.0 Å². The molecule has 3 aromatic rings. The lowest BCUT2D eigenvalue weighted by Crippen LogP contribution is -2.01. The zero-order valence-corrected chi connectivity index (χ0v) is 9.15. The second kappa shape index (κ2) is 3.95. The molecule has 2 heterocycles. The second-order valence-corrected chi connectivity index (χ2v) is 3.72. The molecule has 0 amide bonds. The highest BCUT2D eigenvalue weighted by Crippen LogP contribution is 2.12. The van der Waals surface area contributed by atoms with Gasteiger partial charge in [0.1, 0.15) is 12.1 Å². The van der Waals surface area contributed by atoms with E-state index < -0.39 is 5.97 Å². The van der Waals surface area contributed by atoms with E-state index in [1.165, 1.54) is 6.07 Å². The molecule has 7 nitrogen and oxygen atoms in total. The third-order valence-electron chi connectivity index (χ3n) is 2.50. The minimum absolute atomic E-state index is 0.116. The van der Waals surface area contributed by atoms with Crippen LogP contribution in [0.5, 0.6) is 0 Å². The van der Waals surface area contributed by atoms with Gasteiger partial charge in [0.2, 0.25) is 0 Å². The highest BCUT2D eigenvalue weighted by Gasteiger charge is 2.12. The van der Waals surface area contributed by atoms with Crippen LogP contribution in [0.2, 0.25) is 0 Å². The van der Waals surface area contributed by atoms with Crippen LogP contribution in [-0.2, 0) is 6.54 Å². The third kappa shape index (κ3) is 1.71. The van der Waals surface area contributed by atoms with Crippen molar-refractivity contribution in [2.24, 2.45) is 0 Å². The predicted octanol–water partition coefficient (Wildman–Crippen LogP) is 1.17. The molecule has 7 heteroatoms. The van der Waals surface area contributed by atoms with Gasteiger partial charge in [-0.25, -0.2) is 9.48 Å². The average Bonchev–Trinajstić information content (AvgIpc) is 2.98. The van der Waals surface area contributed by atoms with Gasteiger partial charge in [-0.1, -0.05) is 22.5 Å². The van der Waals surface area contributed by atoms with Crippen LogP contribution in [0.3, 0.4) is 0 Å². The molecular weight excluding hydrogens is 236 g/mol. The second-order valence-electron chi connectivity index (χ2n) is 3.72. The fourth-order valence-electron chi connectivity index (χ4n) is 1.67. The summed E-state index contributed by atoms with van der Waals surface area (Å²) in [5, 5.41) is 20.1. The Labute approximate surface area is 101 Å². The molecule has 0 aliphatic carbocycles. The standard InChI is InChI=1S/C11H8N4O3/c16-11(17)9-5-7(18-13-9)6-15-10-4-2-1-3-8(10)12-14-15/h1-5H,6H2,(H,16,17). The van der Waals surface area contributed by atoms with E-state index in [9.17, 15) is 4.79 Å². The van der Waals surface area contributed by atoms with Crippen molar-refractivity contribution < 1.29 is 14.4 Å². The minimum atomic E-state index is -1.12. The Balaban J connectivity index is 1.93. The number of benzene rings is 1. The Morgan fingerprint density at radius 2 is 2.22 bits per heavy atom. The van der Waals surface area contributed by atoms with Gasteiger partial charge >= 0.3 is 5.97 Å². The van der Waals surface area contributed by atoms with Crippen LogP contribution >= 0.6 is 0 Å². The number of rotatable bonds is 3. The monoisotopic (exact) mass is 244 g/mol. The highest BCUT2D eigenvalue weighted by molar-refractivity contribution is 5.85. The van der Waals surface area contributed by atoms with Crippen molar-refractivity contribution in [3.8, 4) is 0 Å². The summed E-state index contributed by atoms with van der Waals surface area (Å²) in [6, 6.07) is 8.86. The number of aromatic nitrogens is 4. The molecule has 0 fully saturated rings. The number of nitrogens with zero attached hydrogens (tertiary/aromatic N) is 4. The van der Waals surface area contributed by atoms with E-state index in [2.05, 4.69) is 15.5 Å². The van der Waals surface area contributed by atoms with Gasteiger partial charge in [-0.05, 0) is 12.1 Å². The molecule has 0 bridgehead atoms. The van der Waals surface area contributed by atoms with Gasteiger partial charge in [0.25, 0.3) is 0 Å². The summed E-state index contributed by atoms with van der Waals surface area (Å²) in [4.78, 5) is 10.7. The summed E-state index contributed by atoms with van der Waals surface area (Å²) >= 11 is 0. The third-order valence-corrected chi connectivity index (χ3v) is 2.50. The summed E-state index contributed by atoms with van der Waals surface area (Å²) in [5.41, 5.74) is 1.51. The van der Waals surface area contributed by atoms with Crippen LogP contribution in [0, 0.1) is 0 Å². The van der Waals surface area contributed by atoms with E-state index in [0.29, 0.717) is 12.3 Å². The van der Waals surface area contributed by atoms with Gasteiger partial charge in [-0.3, -0.25) is 0 Å². The van der Waals surface area contributed by atoms with E-state index in [-0.39, 0.29) is 5.69 Å². The van der Waals surface area contributed by atoms with Crippen molar-refractivity contribution in [2.45, 2.75) is 6.54 Å². The van der Waals surface area contributed by atoms with Crippen LogP contribution in [0.4, 0.5) is 0 Å². The summed E-state index contributed by atoms with van der Waals surface area (Å²) in [7, 11) is 0. The van der Waals surface area contributed by atoms with Crippen molar-refractivity contribution in [1.29, 1.82) is 0 Å². The van der Waals surface area contributed by atoms with Crippen molar-refractivity contribution in [1.82, 2.24) is 20.2 Å². The Hall–Kier alpha value is -2.70. The van der Waals surface area contributed by atoms with Crippen LogP contribution in [0.15, 0.2) is 34.9 Å². The number of carboxylic acid groups (broad SMARTS) is 1. The Kier molecular flexibility index (Phi) is 2.30. The lowest BCUT2D eigenvalue weighted by atomic mass is 10.3. The van der Waals surface area contributed by atoms with E-state index in [1.54, 1.807) is 4.68 Å². The molecule has 2 aromatic heterocycles. The molecule has 0 unspecified atom stereocenters. The van der Waals surface area contributed by atoms with Gasteiger partial charge < -0.3 is 9.63 Å². The zero-order valence-electron chi connectivity index (χ0n) is 9.15. The number of para-hydroxylation sites is 1. The lowest BCUT2D eigenvalue weighted by molar-refractivity contribution is 0.0685. The molecule has 0 radical (unpaired) electrons. The maximum atomic E-state index is 10.7. The Bertz CT molecular complexity index is 716. The van der Waals surface area contributed by atoms with Crippen molar-refractivity contribution in [3.05, 3.63) is 41.8 Å². The molecule has 0 saturated carbocycles. The van der Waals surface area contributed by atoms with Crippen molar-refractivity contribution >= 4 is 17.0 Å². The van der Waals surface area contributed by atoms with E-state index >= 15 is 0 Å². The van der Waals surface area contributed by atoms with E-state index in [4.69, 9.17) is 9.63 Å². The van der Waals surface area contributed by atoms with Crippen LogP contribution in [0.25, 0.3) is 11.0 Å². The predicted molar refractivity (Wildman–Crippen MR) is 60.1 cm³/mol. The van der Waals surface area contributed by atoms with Gasteiger partial charge in [0.05, 0.1) is 5.52 Å². The lowest BCUT2D eigenvalue weighted by Gasteiger charge is -1.96. The Morgan fingerprint density at radius 3 is 3.00 bits per heavy atom. The number of fused-ring (bicyclic) bond motifs is 1. The topological polar surface area (TPSA) is 94.0 Å². The van der Waals surface area contributed by atoms with Crippen LogP contribution in [0.1, 0.15) is 16.2 Å². The number of hydrogen-bond donors (Lipinski definition) is 1. The summed E-state index contributed by atoms with van der Waals surface area (Å²) in [6.07, 6.45) is 0. The fraction of sp³-hybridized carbons (Fsp3) is 0.0909. The normalized spacial score (nSPS) is 10.9. The Morgan fingerprint density at radius 1 is 1.39 bits per heavy atom. The van der Waals surface area contributed by atoms with Gasteiger partial charge in [0, 0.05) is 6.07 Å². The first-order chi connectivity index (χ1) is 8.74. The zero-order chi connectivity index (χ0) is 12.5. The quantitative estimate of drug-likeness (QED) is 0.743. The number of carbonyl (C=O) groups is 1. The molecule has 0 atom stereocenters. The minimum Gasteiger partial charge on any atom is -0.476 e. The van der Waals surface area contributed by atoms with Gasteiger partial charge in [-0.2, -0.15) is 0 Å². The molecule has 0 spiro atoms. The fourth-order valence-corrected chi connectivity index (χ4v) is 1.67. The first-order valence-electron chi connectivity index (χ1n) is 5.21. The first-order valence-corrected chi connectivity index (χ1v) is 5.21. The molecule has 0 saturated heterocycles. The van der Waals surface area contributed by atoms with Crippen LogP contribution in [-0.4, -0.2) is 31.2 Å². The molecular formula is C11H8N4O3. The van der Waals surface area contributed by atoms with Gasteiger partial charge in [-0.15, -0.1) is 5.10 Å². The number of carboxylic acids is 1. The van der Waals surface area contributed by atoms with Crippen molar-refractivity contribution in [3.63, 3.8) is 0 Å². The summed E-state index contributed by atoms with van der Waals surface area (Å²) in [6.45, 7) is 0.292.